The molecular weight excluding hydrogens is 321 g/mol. The summed E-state index contributed by atoms with van der Waals surface area (Å²) < 4.78 is 5.12. The van der Waals surface area contributed by atoms with E-state index in [-0.39, 0.29) is 0 Å². The quantitative estimate of drug-likeness (QED) is 0.414. The van der Waals surface area contributed by atoms with Gasteiger partial charge in [0.25, 0.3) is 0 Å². The van der Waals surface area contributed by atoms with Crippen LogP contribution in [-0.2, 0) is 0 Å². The maximum Gasteiger partial charge on any atom is 0.146 e. The molecule has 0 aliphatic rings. The summed E-state index contributed by atoms with van der Waals surface area (Å²) in [6.45, 7) is 1.55. The Morgan fingerprint density at radius 3 is 2.23 bits per heavy atom. The molecule has 0 spiro atoms. The Morgan fingerprint density at radius 2 is 1.64 bits per heavy atom. The van der Waals surface area contributed by atoms with Crippen LogP contribution in [0.5, 0.6) is 0 Å². The van der Waals surface area contributed by atoms with Crippen molar-refractivity contribution in [2.24, 2.45) is 10.2 Å². The molecule has 1 aromatic carbocycles. The number of anilines is 1. The molecule has 0 N–H and O–H groups in total. The molecule has 4 nitrogen and oxygen atoms in total. The van der Waals surface area contributed by atoms with Crippen molar-refractivity contribution in [3.05, 3.63) is 54.0 Å². The molecule has 0 bridgehead atoms. The fourth-order valence-corrected chi connectivity index (χ4v) is 2.31. The number of hydrogen-bond donors (Lipinski definition) is 0. The second-order valence-electron chi connectivity index (χ2n) is 4.46. The minimum atomic E-state index is 0.571. The summed E-state index contributed by atoms with van der Waals surface area (Å²) in [5, 5.41) is 7.92. The lowest BCUT2D eigenvalue weighted by Gasteiger charge is -2.22. The molecule has 2 aromatic rings. The second kappa shape index (κ2) is 9.28. The van der Waals surface area contributed by atoms with E-state index in [1.54, 1.807) is 24.8 Å². The van der Waals surface area contributed by atoms with Crippen molar-refractivity contribution in [3.8, 4) is 0 Å². The molecule has 0 aliphatic carbocycles. The second-order valence-corrected chi connectivity index (χ2v) is 5.22. The Kier molecular flexibility index (Phi) is 7.00. The number of rotatable bonds is 8. The number of furan rings is 1. The molecule has 0 unspecified atom stereocenters. The van der Waals surface area contributed by atoms with E-state index in [4.69, 9.17) is 27.6 Å². The average Bonchev–Trinajstić information content (AvgIpc) is 3.05. The summed E-state index contributed by atoms with van der Waals surface area (Å²) in [5.41, 5.74) is 2.06. The lowest BCUT2D eigenvalue weighted by molar-refractivity contribution is 0.560. The molecular formula is C16H17Cl2N3O. The molecule has 2 rings (SSSR count). The highest BCUT2D eigenvalue weighted by Crippen LogP contribution is 2.15. The first-order valence-corrected chi connectivity index (χ1v) is 7.97. The number of alkyl halides is 2. The predicted octanol–water partition coefficient (Wildman–Crippen LogP) is 4.02. The van der Waals surface area contributed by atoms with Gasteiger partial charge in [0, 0.05) is 30.5 Å². The van der Waals surface area contributed by atoms with Gasteiger partial charge in [-0.1, -0.05) is 12.1 Å². The predicted molar refractivity (Wildman–Crippen MR) is 94.0 cm³/mol. The monoisotopic (exact) mass is 337 g/mol. The van der Waals surface area contributed by atoms with Crippen LogP contribution < -0.4 is 4.90 Å². The van der Waals surface area contributed by atoms with E-state index in [9.17, 15) is 0 Å². The zero-order valence-electron chi connectivity index (χ0n) is 12.0. The van der Waals surface area contributed by atoms with E-state index in [0.29, 0.717) is 17.5 Å². The van der Waals surface area contributed by atoms with Gasteiger partial charge in [0.1, 0.15) is 5.76 Å². The van der Waals surface area contributed by atoms with E-state index >= 15 is 0 Å². The SMILES string of the molecule is ClCCN(CCCl)c1ccc(C=NN=Cc2ccco2)cc1. The van der Waals surface area contributed by atoms with Gasteiger partial charge in [-0.05, 0) is 29.8 Å². The summed E-state index contributed by atoms with van der Waals surface area (Å²) in [6.07, 6.45) is 4.85. The van der Waals surface area contributed by atoms with Gasteiger partial charge in [0.05, 0.1) is 18.7 Å². The van der Waals surface area contributed by atoms with Crippen LogP contribution >= 0.6 is 23.2 Å². The van der Waals surface area contributed by atoms with Crippen LogP contribution in [0.15, 0.2) is 57.3 Å². The van der Waals surface area contributed by atoms with Crippen LogP contribution in [0.3, 0.4) is 0 Å². The van der Waals surface area contributed by atoms with Crippen molar-refractivity contribution in [1.82, 2.24) is 0 Å². The Labute approximate surface area is 140 Å². The van der Waals surface area contributed by atoms with Crippen LogP contribution in [0, 0.1) is 0 Å². The number of benzene rings is 1. The molecule has 0 saturated carbocycles. The zero-order chi connectivity index (χ0) is 15.6. The lowest BCUT2D eigenvalue weighted by Crippen LogP contribution is -2.27. The highest BCUT2D eigenvalue weighted by molar-refractivity contribution is 6.18. The van der Waals surface area contributed by atoms with Crippen LogP contribution in [0.4, 0.5) is 5.69 Å². The third-order valence-electron chi connectivity index (χ3n) is 2.97. The first-order valence-electron chi connectivity index (χ1n) is 6.90. The Morgan fingerprint density at radius 1 is 0.955 bits per heavy atom. The standard InChI is InChI=1S/C16H17Cl2N3O/c17-7-9-21(10-8-18)15-5-3-14(4-6-15)12-19-20-13-16-2-1-11-22-16/h1-6,11-13H,7-10H2. The van der Waals surface area contributed by atoms with E-state index in [1.165, 1.54) is 0 Å². The molecule has 0 amide bonds. The zero-order valence-corrected chi connectivity index (χ0v) is 13.5. The highest BCUT2D eigenvalue weighted by atomic mass is 35.5. The molecule has 1 heterocycles. The number of nitrogens with zero attached hydrogens (tertiary/aromatic N) is 3. The van der Waals surface area contributed by atoms with Crippen molar-refractivity contribution >= 4 is 41.3 Å². The maximum atomic E-state index is 5.81. The fraction of sp³-hybridized carbons (Fsp3) is 0.250. The smallest absolute Gasteiger partial charge is 0.146 e. The van der Waals surface area contributed by atoms with Gasteiger partial charge in [-0.3, -0.25) is 0 Å². The first-order chi connectivity index (χ1) is 10.8. The van der Waals surface area contributed by atoms with Gasteiger partial charge in [0.2, 0.25) is 0 Å². The number of halogens is 2. The fourth-order valence-electron chi connectivity index (χ4n) is 1.90. The molecule has 0 fully saturated rings. The summed E-state index contributed by atoms with van der Waals surface area (Å²) in [5.74, 6) is 1.81. The van der Waals surface area contributed by atoms with Gasteiger partial charge in [0.15, 0.2) is 0 Å². The third-order valence-corrected chi connectivity index (χ3v) is 3.31. The summed E-state index contributed by atoms with van der Waals surface area (Å²) in [4.78, 5) is 2.15. The third kappa shape index (κ3) is 5.20. The van der Waals surface area contributed by atoms with Crippen molar-refractivity contribution in [3.63, 3.8) is 0 Å². The van der Waals surface area contributed by atoms with E-state index in [1.807, 2.05) is 30.3 Å². The summed E-state index contributed by atoms with van der Waals surface area (Å²) >= 11 is 11.6. The number of hydrogen-bond acceptors (Lipinski definition) is 4. The van der Waals surface area contributed by atoms with Gasteiger partial charge in [-0.2, -0.15) is 10.2 Å². The Balaban J connectivity index is 1.96. The van der Waals surface area contributed by atoms with Gasteiger partial charge in [-0.25, -0.2) is 0 Å². The Hall–Kier alpha value is -1.78. The van der Waals surface area contributed by atoms with Crippen molar-refractivity contribution in [2.45, 2.75) is 0 Å². The van der Waals surface area contributed by atoms with Gasteiger partial charge in [-0.15, -0.1) is 23.2 Å². The molecule has 116 valence electrons. The van der Waals surface area contributed by atoms with Crippen molar-refractivity contribution in [1.29, 1.82) is 0 Å². The van der Waals surface area contributed by atoms with Gasteiger partial charge < -0.3 is 9.32 Å². The largest absolute Gasteiger partial charge is 0.463 e. The average molecular weight is 338 g/mol. The molecule has 1 aromatic heterocycles. The van der Waals surface area contributed by atoms with E-state index in [0.717, 1.165) is 24.3 Å². The minimum Gasteiger partial charge on any atom is -0.463 e. The molecule has 0 atom stereocenters. The molecule has 0 aliphatic heterocycles. The van der Waals surface area contributed by atoms with Crippen LogP contribution in [-0.4, -0.2) is 37.3 Å². The molecule has 0 saturated heterocycles. The molecule has 0 radical (unpaired) electrons. The Bertz CT molecular complexity index is 588. The van der Waals surface area contributed by atoms with Crippen LogP contribution in [0.1, 0.15) is 11.3 Å². The normalized spacial score (nSPS) is 11.5. The van der Waals surface area contributed by atoms with E-state index in [2.05, 4.69) is 15.1 Å². The topological polar surface area (TPSA) is 41.1 Å². The minimum absolute atomic E-state index is 0.571. The van der Waals surface area contributed by atoms with E-state index < -0.39 is 0 Å². The van der Waals surface area contributed by atoms with Crippen molar-refractivity contribution < 1.29 is 4.42 Å². The molecule has 6 heteroatoms. The van der Waals surface area contributed by atoms with Crippen LogP contribution in [0.2, 0.25) is 0 Å². The van der Waals surface area contributed by atoms with Gasteiger partial charge >= 0.3 is 0 Å². The summed E-state index contributed by atoms with van der Waals surface area (Å²) in [7, 11) is 0. The highest BCUT2D eigenvalue weighted by Gasteiger charge is 2.04. The van der Waals surface area contributed by atoms with Crippen molar-refractivity contribution in [2.75, 3.05) is 29.7 Å². The van der Waals surface area contributed by atoms with Crippen LogP contribution in [0.25, 0.3) is 0 Å². The first kappa shape index (κ1) is 16.6. The lowest BCUT2D eigenvalue weighted by atomic mass is 10.2. The maximum absolute atomic E-state index is 5.81. The summed E-state index contributed by atoms with van der Waals surface area (Å²) in [6, 6.07) is 11.6. The molecule has 22 heavy (non-hydrogen) atoms.